The number of methoxy groups -OCH3 is 1. The molecule has 3 heterocycles. The van der Waals surface area contributed by atoms with Gasteiger partial charge < -0.3 is 19.3 Å². The summed E-state index contributed by atoms with van der Waals surface area (Å²) in [4.78, 5) is 17.3. The molecule has 184 valence electrons. The van der Waals surface area contributed by atoms with Gasteiger partial charge in [0.2, 0.25) is 17.6 Å². The van der Waals surface area contributed by atoms with Crippen LogP contribution in [0.2, 0.25) is 0 Å². The van der Waals surface area contributed by atoms with Crippen molar-refractivity contribution in [3.05, 3.63) is 48.0 Å². The minimum absolute atomic E-state index is 0.0701. The van der Waals surface area contributed by atoms with Crippen LogP contribution in [0.25, 0.3) is 23.1 Å². The Balaban J connectivity index is 1.44. The van der Waals surface area contributed by atoms with Gasteiger partial charge in [0.1, 0.15) is 11.6 Å². The monoisotopic (exact) mass is 490 g/mol. The van der Waals surface area contributed by atoms with Gasteiger partial charge in [0.05, 0.1) is 12.2 Å². The van der Waals surface area contributed by atoms with Crippen LogP contribution in [0.1, 0.15) is 17.9 Å². The maximum Gasteiger partial charge on any atom is 0.573 e. The normalized spacial score (nSPS) is 11.6. The quantitative estimate of drug-likeness (QED) is 0.330. The van der Waals surface area contributed by atoms with Crippen molar-refractivity contribution in [2.75, 3.05) is 25.6 Å². The van der Waals surface area contributed by atoms with Crippen molar-refractivity contribution in [2.45, 2.75) is 26.3 Å². The summed E-state index contributed by atoms with van der Waals surface area (Å²) < 4.78 is 52.8. The smallest absolute Gasteiger partial charge is 0.406 e. The van der Waals surface area contributed by atoms with Gasteiger partial charge in [-0.25, -0.2) is 19.6 Å². The number of anilines is 1. The van der Waals surface area contributed by atoms with Crippen LogP contribution < -0.4 is 10.1 Å². The highest BCUT2D eigenvalue weighted by molar-refractivity contribution is 5.57. The van der Waals surface area contributed by atoms with Crippen molar-refractivity contribution in [3.8, 4) is 28.9 Å². The Labute approximate surface area is 197 Å². The molecule has 0 saturated carbocycles. The van der Waals surface area contributed by atoms with Crippen molar-refractivity contribution < 1.29 is 27.2 Å². The molecular formula is C21H21F3N8O3. The van der Waals surface area contributed by atoms with Crippen LogP contribution in [-0.4, -0.2) is 61.5 Å². The largest absolute Gasteiger partial charge is 0.573 e. The summed E-state index contributed by atoms with van der Waals surface area (Å²) in [5, 5.41) is 11.4. The number of hydrogen-bond donors (Lipinski definition) is 1. The molecule has 0 radical (unpaired) electrons. The van der Waals surface area contributed by atoms with E-state index in [-0.39, 0.29) is 23.3 Å². The minimum atomic E-state index is -4.77. The SMILES string of the molecule is COCCCNc1nccc(Cn2nc(-c3nc(-c4ccc(OC(F)(F)F)cc4)no3)nc2C)n1. The Morgan fingerprint density at radius 3 is 2.60 bits per heavy atom. The summed E-state index contributed by atoms with van der Waals surface area (Å²) in [7, 11) is 1.65. The summed E-state index contributed by atoms with van der Waals surface area (Å²) in [6.45, 7) is 3.44. The molecule has 35 heavy (non-hydrogen) atoms. The summed E-state index contributed by atoms with van der Waals surface area (Å²) in [5.74, 6) is 1.21. The lowest BCUT2D eigenvalue weighted by Gasteiger charge is -2.08. The van der Waals surface area contributed by atoms with E-state index < -0.39 is 6.36 Å². The summed E-state index contributed by atoms with van der Waals surface area (Å²) in [6.07, 6.45) is -2.28. The molecule has 3 aromatic heterocycles. The van der Waals surface area contributed by atoms with E-state index >= 15 is 0 Å². The van der Waals surface area contributed by atoms with Crippen molar-refractivity contribution in [2.24, 2.45) is 0 Å². The van der Waals surface area contributed by atoms with Gasteiger partial charge in [-0.15, -0.1) is 18.3 Å². The number of benzene rings is 1. The van der Waals surface area contributed by atoms with E-state index in [9.17, 15) is 13.2 Å². The second-order valence-electron chi connectivity index (χ2n) is 7.28. The number of ether oxygens (including phenoxy) is 2. The Hall–Kier alpha value is -4.07. The number of nitrogens with zero attached hydrogens (tertiary/aromatic N) is 7. The van der Waals surface area contributed by atoms with Crippen LogP contribution in [0.15, 0.2) is 41.1 Å². The van der Waals surface area contributed by atoms with Crippen LogP contribution in [0.4, 0.5) is 19.1 Å². The van der Waals surface area contributed by atoms with E-state index in [1.54, 1.807) is 31.0 Å². The molecule has 0 aliphatic heterocycles. The molecule has 11 nitrogen and oxygen atoms in total. The molecule has 0 fully saturated rings. The Bertz CT molecular complexity index is 1260. The molecule has 0 amide bonds. The first kappa shape index (κ1) is 24.1. The highest BCUT2D eigenvalue weighted by Crippen LogP contribution is 2.26. The Morgan fingerprint density at radius 1 is 1.06 bits per heavy atom. The lowest BCUT2D eigenvalue weighted by molar-refractivity contribution is -0.274. The number of alkyl halides is 3. The van der Waals surface area contributed by atoms with Crippen molar-refractivity contribution in [1.82, 2.24) is 34.9 Å². The topological polar surface area (TPSA) is 126 Å². The fourth-order valence-corrected chi connectivity index (χ4v) is 3.04. The molecule has 1 aromatic carbocycles. The molecule has 4 aromatic rings. The number of aromatic nitrogens is 7. The van der Waals surface area contributed by atoms with Crippen LogP contribution >= 0.6 is 0 Å². The van der Waals surface area contributed by atoms with Crippen molar-refractivity contribution in [1.29, 1.82) is 0 Å². The lowest BCUT2D eigenvalue weighted by atomic mass is 10.2. The molecule has 14 heteroatoms. The zero-order valence-corrected chi connectivity index (χ0v) is 18.8. The average molecular weight is 490 g/mol. The van der Waals surface area contributed by atoms with Gasteiger partial charge in [-0.2, -0.15) is 4.98 Å². The first-order chi connectivity index (χ1) is 16.8. The number of nitrogens with one attached hydrogen (secondary N) is 1. The number of aryl methyl sites for hydroxylation is 1. The average Bonchev–Trinajstić information content (AvgIpc) is 3.44. The van der Waals surface area contributed by atoms with Crippen LogP contribution in [0, 0.1) is 6.92 Å². The Morgan fingerprint density at radius 2 is 1.86 bits per heavy atom. The lowest BCUT2D eigenvalue weighted by Crippen LogP contribution is -2.16. The molecule has 4 rings (SSSR count). The molecule has 0 aliphatic rings. The van der Waals surface area contributed by atoms with Gasteiger partial charge in [-0.05, 0) is 43.7 Å². The third-order valence-electron chi connectivity index (χ3n) is 4.65. The molecule has 0 atom stereocenters. The van der Waals surface area contributed by atoms with Gasteiger partial charge >= 0.3 is 6.36 Å². The summed E-state index contributed by atoms with van der Waals surface area (Å²) >= 11 is 0. The van der Waals surface area contributed by atoms with Crippen LogP contribution in [0.3, 0.4) is 0 Å². The first-order valence-electron chi connectivity index (χ1n) is 10.5. The second-order valence-corrected chi connectivity index (χ2v) is 7.28. The van der Waals surface area contributed by atoms with E-state index in [0.29, 0.717) is 37.0 Å². The zero-order valence-electron chi connectivity index (χ0n) is 18.8. The third-order valence-corrected chi connectivity index (χ3v) is 4.65. The fourth-order valence-electron chi connectivity index (χ4n) is 3.04. The van der Waals surface area contributed by atoms with E-state index in [1.807, 2.05) is 0 Å². The van der Waals surface area contributed by atoms with Gasteiger partial charge in [-0.3, -0.25) is 0 Å². The number of hydrogen-bond acceptors (Lipinski definition) is 10. The highest BCUT2D eigenvalue weighted by atomic mass is 19.4. The van der Waals surface area contributed by atoms with Crippen LogP contribution in [0.5, 0.6) is 5.75 Å². The molecule has 0 bridgehead atoms. The van der Waals surface area contributed by atoms with Gasteiger partial charge in [0.15, 0.2) is 0 Å². The fraction of sp³-hybridized carbons (Fsp3) is 0.333. The summed E-state index contributed by atoms with van der Waals surface area (Å²) in [6, 6.07) is 6.89. The molecular weight excluding hydrogens is 469 g/mol. The summed E-state index contributed by atoms with van der Waals surface area (Å²) in [5.41, 5.74) is 1.17. The predicted octanol–water partition coefficient (Wildman–Crippen LogP) is 3.49. The standard InChI is InChI=1S/C21H21F3N8O3/c1-13-27-18(30-32(13)12-15-8-10-26-20(28-15)25-9-3-11-33-2)19-29-17(31-35-19)14-4-6-16(7-5-14)34-21(22,23)24/h4-8,10H,3,9,11-12H2,1-2H3,(H,25,26,28). The number of rotatable bonds is 10. The van der Waals surface area contributed by atoms with Crippen molar-refractivity contribution >= 4 is 5.95 Å². The van der Waals surface area contributed by atoms with E-state index in [0.717, 1.165) is 12.1 Å². The molecule has 0 aliphatic carbocycles. The maximum absolute atomic E-state index is 12.3. The zero-order chi connectivity index (χ0) is 24.8. The highest BCUT2D eigenvalue weighted by Gasteiger charge is 2.31. The first-order valence-corrected chi connectivity index (χ1v) is 10.5. The third kappa shape index (κ3) is 6.50. The molecule has 0 saturated heterocycles. The van der Waals surface area contributed by atoms with Gasteiger partial charge in [0.25, 0.3) is 5.89 Å². The maximum atomic E-state index is 12.3. The van der Waals surface area contributed by atoms with Crippen LogP contribution in [-0.2, 0) is 11.3 Å². The number of halogens is 3. The Kier molecular flexibility index (Phi) is 7.19. The van der Waals surface area contributed by atoms with E-state index in [1.165, 1.54) is 24.3 Å². The molecule has 0 spiro atoms. The van der Waals surface area contributed by atoms with E-state index in [4.69, 9.17) is 9.26 Å². The predicted molar refractivity (Wildman–Crippen MR) is 116 cm³/mol. The van der Waals surface area contributed by atoms with Gasteiger partial charge in [0, 0.05) is 32.0 Å². The van der Waals surface area contributed by atoms with Gasteiger partial charge in [-0.1, -0.05) is 5.16 Å². The van der Waals surface area contributed by atoms with E-state index in [2.05, 4.69) is 40.2 Å². The molecule has 1 N–H and O–H groups in total. The van der Waals surface area contributed by atoms with Crippen molar-refractivity contribution in [3.63, 3.8) is 0 Å². The molecule has 0 unspecified atom stereocenters. The minimum Gasteiger partial charge on any atom is -0.406 e. The second kappa shape index (κ2) is 10.5.